The number of nitriles is 1. The molecule has 0 unspecified atom stereocenters. The van der Waals surface area contributed by atoms with Gasteiger partial charge in [0.15, 0.2) is 0 Å². The zero-order chi connectivity index (χ0) is 20.9. The van der Waals surface area contributed by atoms with Crippen LogP contribution in [0.3, 0.4) is 0 Å². The lowest BCUT2D eigenvalue weighted by Gasteiger charge is -2.18. The van der Waals surface area contributed by atoms with Crippen LogP contribution in [0.15, 0.2) is 95.9 Å². The molecule has 0 amide bonds. The van der Waals surface area contributed by atoms with Gasteiger partial charge in [-0.2, -0.15) is 5.26 Å². The molecule has 0 spiro atoms. The van der Waals surface area contributed by atoms with E-state index in [2.05, 4.69) is 10.8 Å². The SMILES string of the molecule is N#Cc1cc(-c2ccccc2)c(NSc2ccc(Cl)cc2Cl)c(-c2ccccc2)c1. The number of benzene rings is 4. The van der Waals surface area contributed by atoms with Gasteiger partial charge in [-0.05, 0) is 53.4 Å². The smallest absolute Gasteiger partial charge is 0.0992 e. The molecule has 0 saturated carbocycles. The van der Waals surface area contributed by atoms with Gasteiger partial charge in [0.05, 0.1) is 22.3 Å². The van der Waals surface area contributed by atoms with Crippen LogP contribution in [0.1, 0.15) is 5.56 Å². The number of halogens is 2. The zero-order valence-electron chi connectivity index (χ0n) is 15.8. The summed E-state index contributed by atoms with van der Waals surface area (Å²) in [5.74, 6) is 0. The van der Waals surface area contributed by atoms with Crippen molar-refractivity contribution in [2.24, 2.45) is 0 Å². The average Bonchev–Trinajstić information content (AvgIpc) is 2.79. The van der Waals surface area contributed by atoms with E-state index < -0.39 is 0 Å². The van der Waals surface area contributed by atoms with Crippen molar-refractivity contribution in [3.05, 3.63) is 107 Å². The Morgan fingerprint density at radius 2 is 1.30 bits per heavy atom. The first-order valence-corrected chi connectivity index (χ1v) is 10.8. The minimum Gasteiger partial charge on any atom is -0.324 e. The lowest BCUT2D eigenvalue weighted by molar-refractivity contribution is 1.46. The van der Waals surface area contributed by atoms with Crippen LogP contribution in [0.5, 0.6) is 0 Å². The molecule has 0 heterocycles. The zero-order valence-corrected chi connectivity index (χ0v) is 18.1. The van der Waals surface area contributed by atoms with Crippen LogP contribution in [0.2, 0.25) is 10.0 Å². The molecule has 0 bridgehead atoms. The minimum absolute atomic E-state index is 0.580. The Morgan fingerprint density at radius 1 is 0.733 bits per heavy atom. The number of anilines is 1. The highest BCUT2D eigenvalue weighted by molar-refractivity contribution is 8.00. The summed E-state index contributed by atoms with van der Waals surface area (Å²) in [7, 11) is 0. The Hall–Kier alpha value is -2.90. The van der Waals surface area contributed by atoms with Gasteiger partial charge in [0.2, 0.25) is 0 Å². The first-order valence-electron chi connectivity index (χ1n) is 9.22. The molecule has 4 rings (SSSR count). The Morgan fingerprint density at radius 3 is 1.80 bits per heavy atom. The number of hydrogen-bond donors (Lipinski definition) is 1. The van der Waals surface area contributed by atoms with Gasteiger partial charge in [0.1, 0.15) is 0 Å². The van der Waals surface area contributed by atoms with Crippen molar-refractivity contribution in [2.45, 2.75) is 4.90 Å². The van der Waals surface area contributed by atoms with Crippen LogP contribution in [0, 0.1) is 11.3 Å². The molecule has 4 aromatic rings. The van der Waals surface area contributed by atoms with Crippen molar-refractivity contribution in [3.63, 3.8) is 0 Å². The third-order valence-electron chi connectivity index (χ3n) is 4.59. The number of nitrogens with zero attached hydrogens (tertiary/aromatic N) is 1. The van der Waals surface area contributed by atoms with Gasteiger partial charge in [-0.3, -0.25) is 0 Å². The molecule has 0 saturated heterocycles. The van der Waals surface area contributed by atoms with Crippen molar-refractivity contribution in [3.8, 4) is 28.3 Å². The monoisotopic (exact) mass is 446 g/mol. The summed E-state index contributed by atoms with van der Waals surface area (Å²) in [5.41, 5.74) is 5.47. The number of nitrogens with one attached hydrogen (secondary N) is 1. The Bertz CT molecular complexity index is 1160. The van der Waals surface area contributed by atoms with E-state index >= 15 is 0 Å². The normalized spacial score (nSPS) is 10.4. The van der Waals surface area contributed by atoms with Crippen LogP contribution in [0.25, 0.3) is 22.3 Å². The molecule has 146 valence electrons. The maximum atomic E-state index is 9.64. The summed E-state index contributed by atoms with van der Waals surface area (Å²) >= 11 is 13.8. The largest absolute Gasteiger partial charge is 0.324 e. The van der Waals surface area contributed by atoms with Crippen LogP contribution in [-0.4, -0.2) is 0 Å². The molecular formula is C25H16Cl2N2S. The first-order chi connectivity index (χ1) is 14.7. The minimum atomic E-state index is 0.580. The summed E-state index contributed by atoms with van der Waals surface area (Å²) in [4.78, 5) is 0.864. The van der Waals surface area contributed by atoms with Gasteiger partial charge < -0.3 is 4.72 Å². The molecule has 2 nitrogen and oxygen atoms in total. The number of rotatable bonds is 5. The maximum absolute atomic E-state index is 9.64. The third-order valence-corrected chi connectivity index (χ3v) is 6.14. The first kappa shape index (κ1) is 20.4. The van der Waals surface area contributed by atoms with Gasteiger partial charge in [0.25, 0.3) is 0 Å². The van der Waals surface area contributed by atoms with Crippen LogP contribution in [0.4, 0.5) is 5.69 Å². The fourth-order valence-corrected chi connectivity index (χ4v) is 4.42. The lowest BCUT2D eigenvalue weighted by atomic mass is 9.94. The highest BCUT2D eigenvalue weighted by atomic mass is 35.5. The highest BCUT2D eigenvalue weighted by Gasteiger charge is 2.15. The van der Waals surface area contributed by atoms with Gasteiger partial charge in [-0.15, -0.1) is 0 Å². The molecule has 5 heteroatoms. The van der Waals surface area contributed by atoms with Crippen molar-refractivity contribution in [1.29, 1.82) is 5.26 Å². The molecular weight excluding hydrogens is 431 g/mol. The van der Waals surface area contributed by atoms with Crippen molar-refractivity contribution in [2.75, 3.05) is 4.72 Å². The predicted octanol–water partition coefficient (Wildman–Crippen LogP) is 8.32. The highest BCUT2D eigenvalue weighted by Crippen LogP contribution is 2.41. The maximum Gasteiger partial charge on any atom is 0.0992 e. The topological polar surface area (TPSA) is 35.8 Å². The van der Waals surface area contributed by atoms with Crippen molar-refractivity contribution >= 4 is 40.8 Å². The lowest BCUT2D eigenvalue weighted by Crippen LogP contribution is -1.96. The van der Waals surface area contributed by atoms with E-state index in [-0.39, 0.29) is 0 Å². The molecule has 0 aliphatic rings. The van der Waals surface area contributed by atoms with Gasteiger partial charge in [-0.25, -0.2) is 0 Å². The molecule has 0 radical (unpaired) electrons. The molecule has 0 atom stereocenters. The van der Waals surface area contributed by atoms with Gasteiger partial charge in [-0.1, -0.05) is 83.9 Å². The summed E-state index contributed by atoms with van der Waals surface area (Å²) in [6.45, 7) is 0. The van der Waals surface area contributed by atoms with E-state index in [1.165, 1.54) is 11.9 Å². The van der Waals surface area contributed by atoms with E-state index in [1.807, 2.05) is 84.9 Å². The van der Waals surface area contributed by atoms with Crippen LogP contribution >= 0.6 is 35.1 Å². The molecule has 0 fully saturated rings. The molecule has 4 aromatic carbocycles. The fraction of sp³-hybridized carbons (Fsp3) is 0. The number of hydrogen-bond acceptors (Lipinski definition) is 3. The molecule has 0 aromatic heterocycles. The van der Waals surface area contributed by atoms with E-state index in [9.17, 15) is 5.26 Å². The average molecular weight is 447 g/mol. The predicted molar refractivity (Wildman–Crippen MR) is 128 cm³/mol. The van der Waals surface area contributed by atoms with Crippen molar-refractivity contribution in [1.82, 2.24) is 0 Å². The second-order valence-electron chi connectivity index (χ2n) is 6.57. The van der Waals surface area contributed by atoms with Gasteiger partial charge in [0, 0.05) is 21.0 Å². The molecule has 1 N–H and O–H groups in total. The summed E-state index contributed by atoms with van der Waals surface area (Å²) in [6, 6.07) is 31.6. The van der Waals surface area contributed by atoms with E-state index in [1.54, 1.807) is 6.07 Å². The Balaban J connectivity index is 1.86. The third kappa shape index (κ3) is 4.47. The van der Waals surface area contributed by atoms with E-state index in [0.717, 1.165) is 32.8 Å². The fourth-order valence-electron chi connectivity index (χ4n) is 3.17. The summed E-state index contributed by atoms with van der Waals surface area (Å²) in [6.07, 6.45) is 0. The molecule has 0 aliphatic carbocycles. The molecule has 0 aliphatic heterocycles. The van der Waals surface area contributed by atoms with E-state index in [0.29, 0.717) is 15.6 Å². The van der Waals surface area contributed by atoms with Crippen LogP contribution < -0.4 is 4.72 Å². The molecule has 30 heavy (non-hydrogen) atoms. The van der Waals surface area contributed by atoms with Crippen molar-refractivity contribution < 1.29 is 0 Å². The van der Waals surface area contributed by atoms with Crippen LogP contribution in [-0.2, 0) is 0 Å². The standard InChI is InChI=1S/C25H16Cl2N2S/c26-20-11-12-24(23(27)15-20)30-29-25-21(18-7-3-1-4-8-18)13-17(16-28)14-22(25)19-9-5-2-6-10-19/h1-15,29H. The Labute approximate surface area is 190 Å². The second kappa shape index (κ2) is 9.28. The van der Waals surface area contributed by atoms with E-state index in [4.69, 9.17) is 23.2 Å². The Kier molecular flexibility index (Phi) is 6.30. The van der Waals surface area contributed by atoms with Gasteiger partial charge >= 0.3 is 0 Å². The second-order valence-corrected chi connectivity index (χ2v) is 8.26. The summed E-state index contributed by atoms with van der Waals surface area (Å²) in [5, 5.41) is 10.8. The summed E-state index contributed by atoms with van der Waals surface area (Å²) < 4.78 is 3.49. The quantitative estimate of drug-likeness (QED) is 0.313.